The number of piperidine rings is 1. The molecule has 0 bridgehead atoms. The SMILES string of the molecule is Cc1cc2cc(CN3CCCCC3)cnc2cc1NC(=O)c1ccc(-c2ccc(F)cc2)cc1. The van der Waals surface area contributed by atoms with Gasteiger partial charge in [0.1, 0.15) is 5.82 Å². The van der Waals surface area contributed by atoms with E-state index in [-0.39, 0.29) is 11.7 Å². The first-order chi connectivity index (χ1) is 16.5. The van der Waals surface area contributed by atoms with Gasteiger partial charge in [0.15, 0.2) is 0 Å². The van der Waals surface area contributed by atoms with E-state index in [1.807, 2.05) is 31.3 Å². The molecule has 1 amide bonds. The number of likely N-dealkylation sites (tertiary alicyclic amines) is 1. The summed E-state index contributed by atoms with van der Waals surface area (Å²) in [5, 5.41) is 4.12. The summed E-state index contributed by atoms with van der Waals surface area (Å²) in [7, 11) is 0. The second-order valence-electron chi connectivity index (χ2n) is 9.08. The number of hydrogen-bond donors (Lipinski definition) is 1. The number of benzene rings is 3. The van der Waals surface area contributed by atoms with E-state index in [0.717, 1.165) is 52.9 Å². The molecule has 0 radical (unpaired) electrons. The highest BCUT2D eigenvalue weighted by atomic mass is 19.1. The van der Waals surface area contributed by atoms with Crippen molar-refractivity contribution in [2.75, 3.05) is 18.4 Å². The zero-order valence-electron chi connectivity index (χ0n) is 19.4. The van der Waals surface area contributed by atoms with Crippen molar-refractivity contribution in [3.8, 4) is 11.1 Å². The number of fused-ring (bicyclic) bond motifs is 1. The van der Waals surface area contributed by atoms with Gasteiger partial charge in [0.05, 0.1) is 5.52 Å². The summed E-state index contributed by atoms with van der Waals surface area (Å²) >= 11 is 0. The Morgan fingerprint density at radius 1 is 0.941 bits per heavy atom. The average Bonchev–Trinajstić information content (AvgIpc) is 2.86. The number of aromatic nitrogens is 1. The first-order valence-corrected chi connectivity index (χ1v) is 11.8. The molecule has 1 aliphatic rings. The fourth-order valence-corrected chi connectivity index (χ4v) is 4.58. The molecule has 1 fully saturated rings. The summed E-state index contributed by atoms with van der Waals surface area (Å²) in [6, 6.07) is 19.9. The van der Waals surface area contributed by atoms with E-state index in [9.17, 15) is 9.18 Å². The van der Waals surface area contributed by atoms with E-state index in [1.165, 1.54) is 37.0 Å². The van der Waals surface area contributed by atoms with Crippen molar-refractivity contribution in [1.29, 1.82) is 0 Å². The van der Waals surface area contributed by atoms with Gasteiger partial charge in [-0.2, -0.15) is 0 Å². The van der Waals surface area contributed by atoms with Gasteiger partial charge in [0.2, 0.25) is 0 Å². The van der Waals surface area contributed by atoms with E-state index in [4.69, 9.17) is 0 Å². The van der Waals surface area contributed by atoms with Crippen LogP contribution in [-0.2, 0) is 6.54 Å². The van der Waals surface area contributed by atoms with Gasteiger partial charge in [-0.3, -0.25) is 14.7 Å². The Morgan fingerprint density at radius 3 is 2.32 bits per heavy atom. The average molecular weight is 454 g/mol. The number of pyridine rings is 1. The minimum atomic E-state index is -0.266. The predicted molar refractivity (Wildman–Crippen MR) is 135 cm³/mol. The Kier molecular flexibility index (Phi) is 6.37. The van der Waals surface area contributed by atoms with Crippen molar-refractivity contribution < 1.29 is 9.18 Å². The van der Waals surface area contributed by atoms with Crippen LogP contribution in [0.25, 0.3) is 22.0 Å². The quantitative estimate of drug-likeness (QED) is 0.371. The molecule has 0 atom stereocenters. The third-order valence-electron chi connectivity index (χ3n) is 6.51. The van der Waals surface area contributed by atoms with Gasteiger partial charge in [-0.15, -0.1) is 0 Å². The van der Waals surface area contributed by atoms with Crippen LogP contribution in [0.4, 0.5) is 10.1 Å². The third kappa shape index (κ3) is 5.00. The second kappa shape index (κ2) is 9.74. The fraction of sp³-hybridized carbons (Fsp3) is 0.241. The summed E-state index contributed by atoms with van der Waals surface area (Å²) in [5.74, 6) is -0.437. The number of aryl methyl sites for hydroxylation is 1. The van der Waals surface area contributed by atoms with Crippen molar-refractivity contribution >= 4 is 22.5 Å². The van der Waals surface area contributed by atoms with E-state index in [2.05, 4.69) is 27.3 Å². The first-order valence-electron chi connectivity index (χ1n) is 11.8. The van der Waals surface area contributed by atoms with Crippen LogP contribution >= 0.6 is 0 Å². The lowest BCUT2D eigenvalue weighted by atomic mass is 10.0. The standard InChI is InChI=1S/C29H28FN3O/c1-20-15-25-16-21(19-33-13-3-2-4-14-33)18-31-28(25)17-27(20)32-29(34)24-7-5-22(6-8-24)23-9-11-26(30)12-10-23/h5-12,15-18H,2-4,13-14,19H2,1H3,(H,32,34). The molecule has 2 heterocycles. The van der Waals surface area contributed by atoms with Gasteiger partial charge in [-0.05, 0) is 97.6 Å². The first kappa shape index (κ1) is 22.2. The molecule has 0 saturated carbocycles. The molecular weight excluding hydrogens is 425 g/mol. The molecule has 172 valence electrons. The lowest BCUT2D eigenvalue weighted by molar-refractivity contribution is 0.102. The predicted octanol–water partition coefficient (Wildman–Crippen LogP) is 6.59. The number of carbonyl (C=O) groups is 1. The summed E-state index contributed by atoms with van der Waals surface area (Å²) in [4.78, 5) is 20.1. The Bertz CT molecular complexity index is 1310. The molecule has 0 spiro atoms. The van der Waals surface area contributed by atoms with Gasteiger partial charge in [-0.25, -0.2) is 4.39 Å². The highest BCUT2D eigenvalue weighted by Gasteiger charge is 2.13. The number of carbonyl (C=O) groups excluding carboxylic acids is 1. The minimum Gasteiger partial charge on any atom is -0.322 e. The summed E-state index contributed by atoms with van der Waals surface area (Å²) < 4.78 is 13.2. The number of amides is 1. The largest absolute Gasteiger partial charge is 0.322 e. The van der Waals surface area contributed by atoms with Gasteiger partial charge >= 0.3 is 0 Å². The molecule has 1 N–H and O–H groups in total. The molecule has 0 unspecified atom stereocenters. The Labute approximate surface area is 199 Å². The molecular formula is C29H28FN3O. The number of nitrogens with one attached hydrogen (secondary N) is 1. The molecule has 5 rings (SSSR count). The Morgan fingerprint density at radius 2 is 1.62 bits per heavy atom. The van der Waals surface area contributed by atoms with Crippen LogP contribution in [0.2, 0.25) is 0 Å². The summed E-state index contributed by atoms with van der Waals surface area (Å²) in [6.45, 7) is 5.26. The van der Waals surface area contributed by atoms with Crippen LogP contribution in [0.15, 0.2) is 72.9 Å². The monoisotopic (exact) mass is 453 g/mol. The topological polar surface area (TPSA) is 45.2 Å². The maximum absolute atomic E-state index is 13.2. The maximum atomic E-state index is 13.2. The molecule has 34 heavy (non-hydrogen) atoms. The molecule has 4 nitrogen and oxygen atoms in total. The fourth-order valence-electron chi connectivity index (χ4n) is 4.58. The van der Waals surface area contributed by atoms with Crippen LogP contribution in [0.3, 0.4) is 0 Å². The lowest BCUT2D eigenvalue weighted by Gasteiger charge is -2.26. The molecule has 3 aromatic carbocycles. The highest BCUT2D eigenvalue weighted by molar-refractivity contribution is 6.05. The van der Waals surface area contributed by atoms with E-state index >= 15 is 0 Å². The van der Waals surface area contributed by atoms with Crippen molar-refractivity contribution in [2.45, 2.75) is 32.7 Å². The molecule has 1 aromatic heterocycles. The van der Waals surface area contributed by atoms with Gasteiger partial charge in [0.25, 0.3) is 5.91 Å². The molecule has 1 saturated heterocycles. The van der Waals surface area contributed by atoms with Crippen molar-refractivity contribution in [2.24, 2.45) is 0 Å². The second-order valence-corrected chi connectivity index (χ2v) is 9.08. The number of nitrogens with zero attached hydrogens (tertiary/aromatic N) is 2. The molecule has 5 heteroatoms. The van der Waals surface area contributed by atoms with Gasteiger partial charge in [-0.1, -0.05) is 30.7 Å². The number of halogens is 1. The van der Waals surface area contributed by atoms with E-state index in [1.54, 1.807) is 24.3 Å². The van der Waals surface area contributed by atoms with Crippen molar-refractivity contribution in [1.82, 2.24) is 9.88 Å². The van der Waals surface area contributed by atoms with Crippen molar-refractivity contribution in [3.63, 3.8) is 0 Å². The number of hydrogen-bond acceptors (Lipinski definition) is 3. The minimum absolute atomic E-state index is 0.171. The summed E-state index contributed by atoms with van der Waals surface area (Å²) in [5.41, 5.74) is 6.27. The third-order valence-corrected chi connectivity index (χ3v) is 6.51. The molecule has 4 aromatic rings. The van der Waals surface area contributed by atoms with E-state index in [0.29, 0.717) is 5.56 Å². The lowest BCUT2D eigenvalue weighted by Crippen LogP contribution is -2.29. The zero-order chi connectivity index (χ0) is 23.5. The van der Waals surface area contributed by atoms with Crippen LogP contribution in [0.1, 0.15) is 40.7 Å². The van der Waals surface area contributed by atoms with Crippen LogP contribution in [0.5, 0.6) is 0 Å². The van der Waals surface area contributed by atoms with Crippen LogP contribution in [0, 0.1) is 12.7 Å². The number of anilines is 1. The van der Waals surface area contributed by atoms with Gasteiger partial charge in [0, 0.05) is 29.4 Å². The van der Waals surface area contributed by atoms with Crippen LogP contribution < -0.4 is 5.32 Å². The smallest absolute Gasteiger partial charge is 0.255 e. The molecule has 0 aliphatic carbocycles. The Hall–Kier alpha value is -3.57. The maximum Gasteiger partial charge on any atom is 0.255 e. The molecule has 1 aliphatic heterocycles. The zero-order valence-corrected chi connectivity index (χ0v) is 19.4. The van der Waals surface area contributed by atoms with E-state index < -0.39 is 0 Å². The Balaban J connectivity index is 1.30. The van der Waals surface area contributed by atoms with Gasteiger partial charge < -0.3 is 5.32 Å². The normalized spacial score (nSPS) is 14.3. The highest BCUT2D eigenvalue weighted by Crippen LogP contribution is 2.25. The summed E-state index contributed by atoms with van der Waals surface area (Å²) in [6.07, 6.45) is 5.83. The van der Waals surface area contributed by atoms with Crippen LogP contribution in [-0.4, -0.2) is 28.9 Å². The number of rotatable bonds is 5. The van der Waals surface area contributed by atoms with Crippen molar-refractivity contribution in [3.05, 3.63) is 95.4 Å².